The Labute approximate surface area is 93.6 Å². The van der Waals surface area contributed by atoms with Crippen molar-refractivity contribution < 1.29 is 4.79 Å². The third-order valence-corrected chi connectivity index (χ3v) is 3.47. The van der Waals surface area contributed by atoms with Gasteiger partial charge in [-0.05, 0) is 24.3 Å². The first-order valence-electron chi connectivity index (χ1n) is 5.00. The van der Waals surface area contributed by atoms with Crippen LogP contribution >= 0.6 is 11.8 Å². The fourth-order valence-corrected chi connectivity index (χ4v) is 2.56. The van der Waals surface area contributed by atoms with Gasteiger partial charge in [-0.15, -0.1) is 0 Å². The van der Waals surface area contributed by atoms with Gasteiger partial charge in [-0.3, -0.25) is 4.79 Å². The fraction of sp³-hybridized carbons (Fsp3) is 0.364. The van der Waals surface area contributed by atoms with Crippen molar-refractivity contribution >= 4 is 23.4 Å². The Morgan fingerprint density at radius 1 is 1.20 bits per heavy atom. The monoisotopic (exact) mass is 222 g/mol. The molecule has 4 heteroatoms. The molecule has 0 aliphatic carbocycles. The van der Waals surface area contributed by atoms with Crippen molar-refractivity contribution in [3.8, 4) is 0 Å². The molecule has 1 aromatic carbocycles. The first-order valence-corrected chi connectivity index (χ1v) is 6.15. The second-order valence-corrected chi connectivity index (χ2v) is 4.74. The summed E-state index contributed by atoms with van der Waals surface area (Å²) >= 11 is 1.99. The first kappa shape index (κ1) is 10.4. The van der Waals surface area contributed by atoms with E-state index in [0.29, 0.717) is 5.56 Å². The molecule has 80 valence electrons. The summed E-state index contributed by atoms with van der Waals surface area (Å²) < 4.78 is 0. The molecule has 0 saturated carbocycles. The number of rotatable bonds is 2. The molecule has 2 N–H and O–H groups in total. The lowest BCUT2D eigenvalue weighted by Crippen LogP contribution is -2.32. The van der Waals surface area contributed by atoms with Crippen LogP contribution in [0.5, 0.6) is 0 Å². The van der Waals surface area contributed by atoms with E-state index >= 15 is 0 Å². The topological polar surface area (TPSA) is 46.3 Å². The van der Waals surface area contributed by atoms with Gasteiger partial charge in [0.05, 0.1) is 0 Å². The van der Waals surface area contributed by atoms with Crippen LogP contribution in [0, 0.1) is 0 Å². The van der Waals surface area contributed by atoms with E-state index in [0.717, 1.165) is 13.1 Å². The number of nitrogens with zero attached hydrogens (tertiary/aromatic N) is 1. The molecule has 1 fully saturated rings. The van der Waals surface area contributed by atoms with E-state index in [1.54, 1.807) is 12.1 Å². The van der Waals surface area contributed by atoms with E-state index in [9.17, 15) is 4.79 Å². The number of hydrogen-bond donors (Lipinski definition) is 1. The van der Waals surface area contributed by atoms with Gasteiger partial charge in [0.2, 0.25) is 5.91 Å². The zero-order valence-corrected chi connectivity index (χ0v) is 9.30. The fourth-order valence-electron chi connectivity index (χ4n) is 1.66. The minimum absolute atomic E-state index is 0.365. The minimum atomic E-state index is -0.365. The highest BCUT2D eigenvalue weighted by Crippen LogP contribution is 2.19. The smallest absolute Gasteiger partial charge is 0.248 e. The summed E-state index contributed by atoms with van der Waals surface area (Å²) in [5.74, 6) is 1.99. The molecule has 3 nitrogen and oxygen atoms in total. The van der Waals surface area contributed by atoms with Gasteiger partial charge in [0, 0.05) is 35.8 Å². The molecule has 0 radical (unpaired) electrons. The molecule has 1 aliphatic heterocycles. The maximum absolute atomic E-state index is 10.9. The maximum atomic E-state index is 10.9. The molecule has 15 heavy (non-hydrogen) atoms. The van der Waals surface area contributed by atoms with Gasteiger partial charge in [0.15, 0.2) is 0 Å². The van der Waals surface area contributed by atoms with Gasteiger partial charge >= 0.3 is 0 Å². The lowest BCUT2D eigenvalue weighted by molar-refractivity contribution is 0.100. The number of carbonyl (C=O) groups excluding carboxylic acids is 1. The largest absolute Gasteiger partial charge is 0.370 e. The van der Waals surface area contributed by atoms with Crippen molar-refractivity contribution in [2.45, 2.75) is 0 Å². The lowest BCUT2D eigenvalue weighted by Gasteiger charge is -2.28. The van der Waals surface area contributed by atoms with Crippen LogP contribution < -0.4 is 10.6 Å². The number of amides is 1. The molecule has 0 unspecified atom stereocenters. The molecular formula is C11H14N2OS. The van der Waals surface area contributed by atoms with Crippen molar-refractivity contribution in [1.82, 2.24) is 0 Å². The number of thioether (sulfide) groups is 1. The highest BCUT2D eigenvalue weighted by atomic mass is 32.2. The standard InChI is InChI=1S/C11H14N2OS/c12-11(14)9-1-3-10(4-2-9)13-5-7-15-8-6-13/h1-4H,5-8H2,(H2,12,14). The van der Waals surface area contributed by atoms with Crippen LogP contribution in [0.2, 0.25) is 0 Å². The van der Waals surface area contributed by atoms with E-state index in [-0.39, 0.29) is 5.91 Å². The Balaban J connectivity index is 2.11. The summed E-state index contributed by atoms with van der Waals surface area (Å²) in [7, 11) is 0. The Kier molecular flexibility index (Phi) is 3.16. The van der Waals surface area contributed by atoms with Crippen molar-refractivity contribution in [3.63, 3.8) is 0 Å². The molecule has 0 spiro atoms. The molecule has 0 bridgehead atoms. The van der Waals surface area contributed by atoms with Gasteiger partial charge in [-0.25, -0.2) is 0 Å². The lowest BCUT2D eigenvalue weighted by atomic mass is 10.2. The van der Waals surface area contributed by atoms with Gasteiger partial charge in [0.25, 0.3) is 0 Å². The number of anilines is 1. The summed E-state index contributed by atoms with van der Waals surface area (Å²) in [5.41, 5.74) is 6.94. The van der Waals surface area contributed by atoms with Crippen LogP contribution in [-0.4, -0.2) is 30.5 Å². The predicted octanol–water partition coefficient (Wildman–Crippen LogP) is 1.34. The van der Waals surface area contributed by atoms with E-state index < -0.39 is 0 Å². The molecule has 1 amide bonds. The second-order valence-electron chi connectivity index (χ2n) is 3.51. The maximum Gasteiger partial charge on any atom is 0.248 e. The second kappa shape index (κ2) is 4.57. The molecule has 1 saturated heterocycles. The van der Waals surface area contributed by atoms with Crippen molar-refractivity contribution in [2.75, 3.05) is 29.5 Å². The minimum Gasteiger partial charge on any atom is -0.370 e. The van der Waals surface area contributed by atoms with E-state index in [1.165, 1.54) is 17.2 Å². The van der Waals surface area contributed by atoms with Crippen LogP contribution in [0.3, 0.4) is 0 Å². The van der Waals surface area contributed by atoms with E-state index in [1.807, 2.05) is 23.9 Å². The predicted molar refractivity (Wildman–Crippen MR) is 64.5 cm³/mol. The van der Waals surface area contributed by atoms with Crippen molar-refractivity contribution in [2.24, 2.45) is 5.73 Å². The molecule has 0 aromatic heterocycles. The molecule has 0 atom stereocenters. The Bertz CT molecular complexity index is 344. The van der Waals surface area contributed by atoms with Gasteiger partial charge in [-0.2, -0.15) is 11.8 Å². The van der Waals surface area contributed by atoms with Crippen molar-refractivity contribution in [1.29, 1.82) is 0 Å². The third-order valence-electron chi connectivity index (χ3n) is 2.53. The number of primary amides is 1. The van der Waals surface area contributed by atoms with Gasteiger partial charge in [0.1, 0.15) is 0 Å². The van der Waals surface area contributed by atoms with Crippen LogP contribution in [-0.2, 0) is 0 Å². The average molecular weight is 222 g/mol. The number of carbonyl (C=O) groups is 1. The first-order chi connectivity index (χ1) is 7.27. The van der Waals surface area contributed by atoms with Gasteiger partial charge < -0.3 is 10.6 Å². The number of nitrogens with two attached hydrogens (primary N) is 1. The summed E-state index contributed by atoms with van der Waals surface area (Å²) in [6.07, 6.45) is 0. The molecule has 1 aliphatic rings. The molecule has 1 aromatic rings. The van der Waals surface area contributed by atoms with Crippen LogP contribution in [0.25, 0.3) is 0 Å². The van der Waals surface area contributed by atoms with Crippen molar-refractivity contribution in [3.05, 3.63) is 29.8 Å². The molecule has 1 heterocycles. The summed E-state index contributed by atoms with van der Waals surface area (Å²) in [6, 6.07) is 7.52. The van der Waals surface area contributed by atoms with E-state index in [4.69, 9.17) is 5.73 Å². The van der Waals surface area contributed by atoms with Crippen LogP contribution in [0.4, 0.5) is 5.69 Å². The molecule has 2 rings (SSSR count). The quantitative estimate of drug-likeness (QED) is 0.821. The van der Waals surface area contributed by atoms with Crippen LogP contribution in [0.15, 0.2) is 24.3 Å². The van der Waals surface area contributed by atoms with E-state index in [2.05, 4.69) is 4.90 Å². The number of benzene rings is 1. The molecular weight excluding hydrogens is 208 g/mol. The van der Waals surface area contributed by atoms with Crippen LogP contribution in [0.1, 0.15) is 10.4 Å². The highest BCUT2D eigenvalue weighted by Gasteiger charge is 2.11. The summed E-state index contributed by atoms with van der Waals surface area (Å²) in [4.78, 5) is 13.2. The zero-order chi connectivity index (χ0) is 10.7. The summed E-state index contributed by atoms with van der Waals surface area (Å²) in [6.45, 7) is 2.17. The number of hydrogen-bond acceptors (Lipinski definition) is 3. The third kappa shape index (κ3) is 2.45. The normalized spacial score (nSPS) is 16.4. The summed E-state index contributed by atoms with van der Waals surface area (Å²) in [5, 5.41) is 0. The SMILES string of the molecule is NC(=O)c1ccc(N2CCSCC2)cc1. The Hall–Kier alpha value is -1.16. The average Bonchev–Trinajstić information content (AvgIpc) is 2.30. The highest BCUT2D eigenvalue weighted by molar-refractivity contribution is 7.99. The zero-order valence-electron chi connectivity index (χ0n) is 8.48. The van der Waals surface area contributed by atoms with Gasteiger partial charge in [-0.1, -0.05) is 0 Å². The Morgan fingerprint density at radius 2 is 1.80 bits per heavy atom. The Morgan fingerprint density at radius 3 is 2.33 bits per heavy atom.